The summed E-state index contributed by atoms with van der Waals surface area (Å²) >= 11 is 0. The van der Waals surface area contributed by atoms with Crippen molar-refractivity contribution in [3.05, 3.63) is 0 Å². The van der Waals surface area contributed by atoms with Gasteiger partial charge in [0.15, 0.2) is 0 Å². The highest BCUT2D eigenvalue weighted by Crippen LogP contribution is 2.26. The van der Waals surface area contributed by atoms with E-state index in [-0.39, 0.29) is 0 Å². The maximum absolute atomic E-state index is 9.10. The molecule has 0 aliphatic rings. The molecule has 22 heavy (non-hydrogen) atoms. The van der Waals surface area contributed by atoms with Crippen LogP contribution in [0.5, 0.6) is 0 Å². The molecule has 0 heterocycles. The monoisotopic (exact) mass is 376 g/mol. The predicted octanol–water partition coefficient (Wildman–Crippen LogP) is -3.55. The van der Waals surface area contributed by atoms with Crippen LogP contribution in [0.1, 0.15) is 0 Å². The van der Waals surface area contributed by atoms with Gasteiger partial charge < -0.3 is 49.8 Å². The average molecular weight is 376 g/mol. The van der Waals surface area contributed by atoms with Crippen molar-refractivity contribution < 1.29 is 78.1 Å². The SMILES string of the molecule is O=C(O)C(=O)O.O=C(O)C(=O)O.O=P(O)(O)O.O=P(O)(O)O. The van der Waals surface area contributed by atoms with Gasteiger partial charge in [0.25, 0.3) is 0 Å². The highest BCUT2D eigenvalue weighted by molar-refractivity contribution is 7.45. The number of carboxylic acids is 4. The first-order valence-corrected chi connectivity index (χ1v) is 6.91. The molecule has 0 aromatic rings. The summed E-state index contributed by atoms with van der Waals surface area (Å²) in [5.74, 6) is -7.30. The summed E-state index contributed by atoms with van der Waals surface area (Å²) in [6, 6.07) is 0. The Labute approximate surface area is 119 Å². The fourth-order valence-electron chi connectivity index (χ4n) is 0. The summed E-state index contributed by atoms with van der Waals surface area (Å²) in [6.07, 6.45) is 0. The summed E-state index contributed by atoms with van der Waals surface area (Å²) in [7, 11) is -9.28. The summed E-state index contributed by atoms with van der Waals surface area (Å²) in [5, 5.41) is 29.6. The first kappa shape index (κ1) is 28.3. The van der Waals surface area contributed by atoms with Gasteiger partial charge in [-0.05, 0) is 0 Å². The van der Waals surface area contributed by atoms with Gasteiger partial charge in [0.05, 0.1) is 0 Å². The molecule has 0 unspecified atom stereocenters. The van der Waals surface area contributed by atoms with E-state index in [2.05, 4.69) is 0 Å². The minimum absolute atomic E-state index is 1.82. The Kier molecular flexibility index (Phi) is 16.5. The van der Waals surface area contributed by atoms with Crippen LogP contribution < -0.4 is 0 Å². The first-order valence-electron chi connectivity index (χ1n) is 3.78. The van der Waals surface area contributed by atoms with Crippen LogP contribution in [-0.2, 0) is 28.3 Å². The van der Waals surface area contributed by atoms with E-state index in [1.54, 1.807) is 0 Å². The van der Waals surface area contributed by atoms with Crippen LogP contribution in [-0.4, -0.2) is 73.7 Å². The van der Waals surface area contributed by atoms with Crippen LogP contribution in [0.3, 0.4) is 0 Å². The molecular formula is C4H10O16P2. The van der Waals surface area contributed by atoms with Crippen LogP contribution in [0, 0.1) is 0 Å². The largest absolute Gasteiger partial charge is 0.473 e. The lowest BCUT2D eigenvalue weighted by molar-refractivity contribution is -0.159. The molecule has 0 aromatic carbocycles. The van der Waals surface area contributed by atoms with Gasteiger partial charge in [0.2, 0.25) is 0 Å². The lowest BCUT2D eigenvalue weighted by atomic mass is 10.7. The van der Waals surface area contributed by atoms with Crippen molar-refractivity contribution in [3.63, 3.8) is 0 Å². The Bertz CT molecular complexity index is 380. The van der Waals surface area contributed by atoms with E-state index in [1.165, 1.54) is 0 Å². The van der Waals surface area contributed by atoms with Crippen LogP contribution >= 0.6 is 15.6 Å². The van der Waals surface area contributed by atoms with Gasteiger partial charge >= 0.3 is 39.5 Å². The third-order valence-electron chi connectivity index (χ3n) is 0.366. The quantitative estimate of drug-likeness (QED) is 0.144. The molecule has 0 bridgehead atoms. The van der Waals surface area contributed by atoms with E-state index in [9.17, 15) is 0 Å². The van der Waals surface area contributed by atoms with Crippen LogP contribution in [0.25, 0.3) is 0 Å². The highest BCUT2D eigenvalue weighted by Gasteiger charge is 2.04. The van der Waals surface area contributed by atoms with Gasteiger partial charge in [0, 0.05) is 0 Å². The summed E-state index contributed by atoms with van der Waals surface area (Å²) < 4.78 is 17.8. The van der Waals surface area contributed by atoms with E-state index in [1.807, 2.05) is 0 Å². The minimum Gasteiger partial charge on any atom is -0.473 e. The lowest BCUT2D eigenvalue weighted by Gasteiger charge is -1.82. The number of phosphoric acid groups is 2. The van der Waals surface area contributed by atoms with Crippen molar-refractivity contribution in [1.82, 2.24) is 0 Å². The van der Waals surface area contributed by atoms with Crippen LogP contribution in [0.4, 0.5) is 0 Å². The third-order valence-corrected chi connectivity index (χ3v) is 0.366. The van der Waals surface area contributed by atoms with Gasteiger partial charge in [-0.3, -0.25) is 0 Å². The standard InChI is InChI=1S/2C2H2O4.2H3O4P/c2*3-1(4)2(5)6;2*1-5(2,3)4/h2*(H,3,4)(H,5,6);2*(H3,1,2,3,4). The van der Waals surface area contributed by atoms with Crippen molar-refractivity contribution in [1.29, 1.82) is 0 Å². The zero-order valence-electron chi connectivity index (χ0n) is 9.82. The number of hydrogen-bond donors (Lipinski definition) is 10. The van der Waals surface area contributed by atoms with Crippen molar-refractivity contribution in [3.8, 4) is 0 Å². The van der Waals surface area contributed by atoms with Crippen LogP contribution in [0.15, 0.2) is 0 Å². The molecule has 10 N–H and O–H groups in total. The number of hydrogen-bond acceptors (Lipinski definition) is 6. The zero-order valence-corrected chi connectivity index (χ0v) is 11.6. The van der Waals surface area contributed by atoms with Crippen molar-refractivity contribution >= 4 is 39.5 Å². The Morgan fingerprint density at radius 2 is 0.500 bits per heavy atom. The fourth-order valence-corrected chi connectivity index (χ4v) is 0. The van der Waals surface area contributed by atoms with Gasteiger partial charge in [0.1, 0.15) is 0 Å². The van der Waals surface area contributed by atoms with Gasteiger partial charge in [-0.2, -0.15) is 0 Å². The van der Waals surface area contributed by atoms with E-state index < -0.39 is 39.5 Å². The Balaban J connectivity index is -0.0000000986. The van der Waals surface area contributed by atoms with Gasteiger partial charge in [-0.25, -0.2) is 28.3 Å². The smallest absolute Gasteiger partial charge is 0.466 e. The summed E-state index contributed by atoms with van der Waals surface area (Å²) in [6.45, 7) is 0. The molecule has 0 aliphatic carbocycles. The molecule has 0 spiro atoms. The Morgan fingerprint density at radius 3 is 0.500 bits per heavy atom. The summed E-state index contributed by atoms with van der Waals surface area (Å²) in [5.41, 5.74) is 0. The van der Waals surface area contributed by atoms with Crippen LogP contribution in [0.2, 0.25) is 0 Å². The second kappa shape index (κ2) is 12.8. The van der Waals surface area contributed by atoms with E-state index in [4.69, 9.17) is 78.1 Å². The number of carbonyl (C=O) groups is 4. The van der Waals surface area contributed by atoms with Crippen molar-refractivity contribution in [2.45, 2.75) is 0 Å². The van der Waals surface area contributed by atoms with Gasteiger partial charge in [-0.1, -0.05) is 0 Å². The van der Waals surface area contributed by atoms with E-state index >= 15 is 0 Å². The Morgan fingerprint density at radius 1 is 0.455 bits per heavy atom. The predicted molar refractivity (Wildman–Crippen MR) is 59.1 cm³/mol. The molecule has 0 aliphatic heterocycles. The second-order valence-corrected chi connectivity index (χ2v) is 4.30. The Hall–Kier alpha value is -1.90. The molecule has 0 saturated carbocycles. The molecule has 0 aromatic heterocycles. The molecular weight excluding hydrogens is 366 g/mol. The molecule has 0 saturated heterocycles. The number of aliphatic carboxylic acids is 4. The molecule has 132 valence electrons. The highest BCUT2D eigenvalue weighted by atomic mass is 31.2. The molecule has 0 atom stereocenters. The number of carboxylic acid groups (broad SMARTS) is 4. The van der Waals surface area contributed by atoms with E-state index in [0.29, 0.717) is 0 Å². The van der Waals surface area contributed by atoms with Crippen molar-refractivity contribution in [2.24, 2.45) is 0 Å². The molecule has 0 rings (SSSR count). The lowest BCUT2D eigenvalue weighted by Crippen LogP contribution is -2.09. The molecule has 16 nitrogen and oxygen atoms in total. The van der Waals surface area contributed by atoms with Crippen molar-refractivity contribution in [2.75, 3.05) is 0 Å². The molecule has 18 heteroatoms. The first-order chi connectivity index (χ1) is 9.29. The normalized spacial score (nSPS) is 9.36. The summed E-state index contributed by atoms with van der Waals surface area (Å²) in [4.78, 5) is 79.5. The molecule has 0 amide bonds. The topological polar surface area (TPSA) is 305 Å². The number of rotatable bonds is 0. The zero-order chi connectivity index (χ0) is 19.3. The molecule has 0 radical (unpaired) electrons. The maximum Gasteiger partial charge on any atom is 0.466 e. The molecule has 0 fully saturated rings. The maximum atomic E-state index is 9.10. The van der Waals surface area contributed by atoms with Gasteiger partial charge in [-0.15, -0.1) is 0 Å². The average Bonchev–Trinajstić information content (AvgIpc) is 2.12. The second-order valence-electron chi connectivity index (χ2n) is 2.25. The third kappa shape index (κ3) is 142. The van der Waals surface area contributed by atoms with E-state index in [0.717, 1.165) is 0 Å². The minimum atomic E-state index is -4.64. The fraction of sp³-hybridized carbons (Fsp3) is 0.